The van der Waals surface area contributed by atoms with Crippen LogP contribution >= 0.6 is 0 Å². The van der Waals surface area contributed by atoms with Crippen LogP contribution in [-0.4, -0.2) is 23.8 Å². The van der Waals surface area contributed by atoms with Crippen LogP contribution in [-0.2, 0) is 18.0 Å². The van der Waals surface area contributed by atoms with Crippen molar-refractivity contribution in [3.63, 3.8) is 0 Å². The highest BCUT2D eigenvalue weighted by atomic mass is 16.5. The summed E-state index contributed by atoms with van der Waals surface area (Å²) in [6.45, 7) is 5.66. The maximum Gasteiger partial charge on any atom is 0.407 e. The number of carbonyl (C=O) groups excluding carboxylic acids is 1. The number of ether oxygens (including phenoxy) is 2. The standard InChI is InChI=1S/C14H21NO4/c1-14(2,3)15-13(17)19-9-11-7-10(8-16)5-6-12(11)18-4/h5-7,16H,8-9H2,1-4H3,(H,15,17). The number of benzene rings is 1. The zero-order chi connectivity index (χ0) is 14.5. The van der Waals surface area contributed by atoms with Crippen LogP contribution < -0.4 is 10.1 Å². The summed E-state index contributed by atoms with van der Waals surface area (Å²) in [5, 5.41) is 11.8. The predicted octanol–water partition coefficient (Wildman–Crippen LogP) is 2.21. The Bertz CT molecular complexity index is 438. The summed E-state index contributed by atoms with van der Waals surface area (Å²) in [5.41, 5.74) is 1.13. The summed E-state index contributed by atoms with van der Waals surface area (Å²) in [5.74, 6) is 0.626. The van der Waals surface area contributed by atoms with E-state index in [4.69, 9.17) is 14.6 Å². The van der Waals surface area contributed by atoms with Crippen molar-refractivity contribution in [3.8, 4) is 5.75 Å². The summed E-state index contributed by atoms with van der Waals surface area (Å²) < 4.78 is 10.3. The first kappa shape index (κ1) is 15.3. The third-order valence-corrected chi connectivity index (χ3v) is 2.36. The molecular formula is C14H21NO4. The molecule has 0 bridgehead atoms. The van der Waals surface area contributed by atoms with Gasteiger partial charge in [0.05, 0.1) is 13.7 Å². The molecule has 0 saturated heterocycles. The van der Waals surface area contributed by atoms with E-state index in [2.05, 4.69) is 5.32 Å². The fraction of sp³-hybridized carbons (Fsp3) is 0.500. The Hall–Kier alpha value is -1.75. The number of methoxy groups -OCH3 is 1. The lowest BCUT2D eigenvalue weighted by Crippen LogP contribution is -2.40. The van der Waals surface area contributed by atoms with Gasteiger partial charge in [-0.3, -0.25) is 0 Å². The van der Waals surface area contributed by atoms with Gasteiger partial charge in [-0.05, 0) is 38.5 Å². The molecule has 0 heterocycles. The highest BCUT2D eigenvalue weighted by Gasteiger charge is 2.15. The molecule has 0 aliphatic carbocycles. The molecule has 5 nitrogen and oxygen atoms in total. The molecule has 0 aromatic heterocycles. The molecule has 1 amide bonds. The van der Waals surface area contributed by atoms with Crippen molar-refractivity contribution in [2.24, 2.45) is 0 Å². The van der Waals surface area contributed by atoms with Gasteiger partial charge in [0.2, 0.25) is 0 Å². The van der Waals surface area contributed by atoms with E-state index >= 15 is 0 Å². The zero-order valence-electron chi connectivity index (χ0n) is 11.8. The van der Waals surface area contributed by atoms with Gasteiger partial charge in [0, 0.05) is 11.1 Å². The van der Waals surface area contributed by atoms with E-state index in [-0.39, 0.29) is 18.8 Å². The van der Waals surface area contributed by atoms with Crippen LogP contribution in [0.15, 0.2) is 18.2 Å². The van der Waals surface area contributed by atoms with E-state index in [9.17, 15) is 4.79 Å². The van der Waals surface area contributed by atoms with Gasteiger partial charge in [-0.1, -0.05) is 6.07 Å². The average Bonchev–Trinajstić information content (AvgIpc) is 2.33. The highest BCUT2D eigenvalue weighted by molar-refractivity contribution is 5.68. The van der Waals surface area contributed by atoms with E-state index in [1.54, 1.807) is 25.3 Å². The lowest BCUT2D eigenvalue weighted by molar-refractivity contribution is 0.130. The lowest BCUT2D eigenvalue weighted by atomic mass is 10.1. The molecule has 0 saturated carbocycles. The van der Waals surface area contributed by atoms with E-state index < -0.39 is 6.09 Å². The monoisotopic (exact) mass is 267 g/mol. The van der Waals surface area contributed by atoms with Crippen molar-refractivity contribution in [2.45, 2.75) is 39.5 Å². The van der Waals surface area contributed by atoms with E-state index in [0.717, 1.165) is 11.1 Å². The Labute approximate surface area is 113 Å². The van der Waals surface area contributed by atoms with E-state index in [1.807, 2.05) is 20.8 Å². The second-order valence-electron chi connectivity index (χ2n) is 5.26. The molecule has 1 aromatic carbocycles. The number of amides is 1. The van der Waals surface area contributed by atoms with Crippen LogP contribution in [0.3, 0.4) is 0 Å². The number of hydrogen-bond acceptors (Lipinski definition) is 4. The summed E-state index contributed by atoms with van der Waals surface area (Å²) in [6.07, 6.45) is -0.482. The van der Waals surface area contributed by atoms with Crippen molar-refractivity contribution in [3.05, 3.63) is 29.3 Å². The molecule has 0 radical (unpaired) electrons. The van der Waals surface area contributed by atoms with Gasteiger partial charge in [-0.15, -0.1) is 0 Å². The molecule has 0 fully saturated rings. The molecule has 0 unspecified atom stereocenters. The molecule has 0 aliphatic rings. The summed E-state index contributed by atoms with van der Waals surface area (Å²) in [4.78, 5) is 11.6. The topological polar surface area (TPSA) is 67.8 Å². The van der Waals surface area contributed by atoms with Crippen LogP contribution in [0, 0.1) is 0 Å². The molecule has 0 atom stereocenters. The fourth-order valence-electron chi connectivity index (χ4n) is 1.53. The van der Waals surface area contributed by atoms with Crippen molar-refractivity contribution in [1.29, 1.82) is 0 Å². The van der Waals surface area contributed by atoms with Crippen LogP contribution in [0.5, 0.6) is 5.75 Å². The lowest BCUT2D eigenvalue weighted by Gasteiger charge is -2.20. The second-order valence-corrected chi connectivity index (χ2v) is 5.26. The van der Waals surface area contributed by atoms with Crippen LogP contribution in [0.4, 0.5) is 4.79 Å². The molecule has 0 aliphatic heterocycles. The normalized spacial score (nSPS) is 11.0. The number of aliphatic hydroxyl groups excluding tert-OH is 1. The molecule has 1 aromatic rings. The van der Waals surface area contributed by atoms with Crippen molar-refractivity contribution < 1.29 is 19.4 Å². The first-order valence-electron chi connectivity index (χ1n) is 6.07. The number of rotatable bonds is 4. The van der Waals surface area contributed by atoms with Gasteiger partial charge < -0.3 is 19.9 Å². The van der Waals surface area contributed by atoms with Crippen molar-refractivity contribution in [2.75, 3.05) is 7.11 Å². The van der Waals surface area contributed by atoms with Gasteiger partial charge >= 0.3 is 6.09 Å². The molecular weight excluding hydrogens is 246 g/mol. The van der Waals surface area contributed by atoms with Crippen molar-refractivity contribution in [1.82, 2.24) is 5.32 Å². The predicted molar refractivity (Wildman–Crippen MR) is 72.0 cm³/mol. The maximum absolute atomic E-state index is 11.6. The minimum atomic E-state index is -0.482. The van der Waals surface area contributed by atoms with E-state index in [0.29, 0.717) is 5.75 Å². The number of alkyl carbamates (subject to hydrolysis) is 1. The third kappa shape index (κ3) is 5.18. The quantitative estimate of drug-likeness (QED) is 0.877. The Balaban J connectivity index is 2.68. The van der Waals surface area contributed by atoms with Crippen molar-refractivity contribution >= 4 is 6.09 Å². The molecule has 0 spiro atoms. The second kappa shape index (κ2) is 6.43. The van der Waals surface area contributed by atoms with Gasteiger partial charge in [0.25, 0.3) is 0 Å². The average molecular weight is 267 g/mol. The first-order valence-corrected chi connectivity index (χ1v) is 6.07. The first-order chi connectivity index (χ1) is 8.85. The number of aliphatic hydroxyl groups is 1. The summed E-state index contributed by atoms with van der Waals surface area (Å²) >= 11 is 0. The highest BCUT2D eigenvalue weighted by Crippen LogP contribution is 2.21. The van der Waals surface area contributed by atoms with Gasteiger partial charge in [-0.2, -0.15) is 0 Å². The third-order valence-electron chi connectivity index (χ3n) is 2.36. The molecule has 1 rings (SSSR count). The van der Waals surface area contributed by atoms with Gasteiger partial charge in [0.1, 0.15) is 12.4 Å². The maximum atomic E-state index is 11.6. The SMILES string of the molecule is COc1ccc(CO)cc1COC(=O)NC(C)(C)C. The minimum Gasteiger partial charge on any atom is -0.496 e. The summed E-state index contributed by atoms with van der Waals surface area (Å²) in [7, 11) is 1.55. The zero-order valence-corrected chi connectivity index (χ0v) is 11.8. The van der Waals surface area contributed by atoms with Gasteiger partial charge in [-0.25, -0.2) is 4.79 Å². The van der Waals surface area contributed by atoms with E-state index in [1.165, 1.54) is 0 Å². The smallest absolute Gasteiger partial charge is 0.407 e. The number of hydrogen-bond donors (Lipinski definition) is 2. The number of carbonyl (C=O) groups is 1. The number of nitrogens with one attached hydrogen (secondary N) is 1. The molecule has 106 valence electrons. The molecule has 19 heavy (non-hydrogen) atoms. The van der Waals surface area contributed by atoms with Crippen LogP contribution in [0.1, 0.15) is 31.9 Å². The fourth-order valence-corrected chi connectivity index (χ4v) is 1.53. The minimum absolute atomic E-state index is 0.0643. The Kier molecular flexibility index (Phi) is 5.18. The van der Waals surface area contributed by atoms with Crippen LogP contribution in [0.2, 0.25) is 0 Å². The Morgan fingerprint density at radius 3 is 2.58 bits per heavy atom. The molecule has 5 heteroatoms. The van der Waals surface area contributed by atoms with Gasteiger partial charge in [0.15, 0.2) is 0 Å². The Morgan fingerprint density at radius 2 is 2.05 bits per heavy atom. The summed E-state index contributed by atoms with van der Waals surface area (Å²) in [6, 6.07) is 5.26. The molecule has 2 N–H and O–H groups in total. The Morgan fingerprint density at radius 1 is 1.37 bits per heavy atom. The largest absolute Gasteiger partial charge is 0.496 e. The van der Waals surface area contributed by atoms with Crippen LogP contribution in [0.25, 0.3) is 0 Å².